The van der Waals surface area contributed by atoms with Gasteiger partial charge in [-0.2, -0.15) is 0 Å². The lowest BCUT2D eigenvalue weighted by Gasteiger charge is -2.15. The molecule has 0 aliphatic carbocycles. The van der Waals surface area contributed by atoms with E-state index in [9.17, 15) is 5.11 Å². The Hall–Kier alpha value is -0.500. The number of phenolic OH excluding ortho intramolecular Hbond substituents is 1. The number of rotatable bonds is 8. The van der Waals surface area contributed by atoms with Crippen molar-refractivity contribution in [1.82, 2.24) is 0 Å². The second-order valence-electron chi connectivity index (χ2n) is 4.61. The summed E-state index contributed by atoms with van der Waals surface area (Å²) >= 11 is 3.56. The Bertz CT molecular complexity index is 312. The number of benzene rings is 1. The zero-order chi connectivity index (χ0) is 12.5. The average Bonchev–Trinajstić information content (AvgIpc) is 2.35. The predicted octanol–water partition coefficient (Wildman–Crippen LogP) is 5.23. The van der Waals surface area contributed by atoms with Crippen molar-refractivity contribution in [2.24, 2.45) is 0 Å². The van der Waals surface area contributed by atoms with E-state index in [0.717, 1.165) is 17.3 Å². The summed E-state index contributed by atoms with van der Waals surface area (Å²) in [6, 6.07) is 7.70. The van der Waals surface area contributed by atoms with Crippen molar-refractivity contribution in [2.75, 3.05) is 5.33 Å². The first-order chi connectivity index (χ1) is 8.29. The number of unbranched alkanes of at least 4 members (excludes halogenated alkanes) is 4. The maximum atomic E-state index is 9.83. The van der Waals surface area contributed by atoms with E-state index in [2.05, 4.69) is 22.9 Å². The molecule has 0 bridgehead atoms. The van der Waals surface area contributed by atoms with Crippen LogP contribution in [0.3, 0.4) is 0 Å². The van der Waals surface area contributed by atoms with E-state index < -0.39 is 0 Å². The third-order valence-corrected chi connectivity index (χ3v) is 4.00. The predicted molar refractivity (Wildman–Crippen MR) is 78.0 cm³/mol. The maximum absolute atomic E-state index is 9.83. The summed E-state index contributed by atoms with van der Waals surface area (Å²) < 4.78 is 0. The molecule has 0 heterocycles. The molecular weight excluding hydrogens is 276 g/mol. The summed E-state index contributed by atoms with van der Waals surface area (Å²) in [6.45, 7) is 2.24. The van der Waals surface area contributed by atoms with Crippen LogP contribution in [0.5, 0.6) is 5.75 Å². The van der Waals surface area contributed by atoms with E-state index in [4.69, 9.17) is 0 Å². The zero-order valence-electron chi connectivity index (χ0n) is 10.7. The molecule has 0 fully saturated rings. The van der Waals surface area contributed by atoms with Crippen LogP contribution in [0.15, 0.2) is 24.3 Å². The molecule has 0 saturated carbocycles. The van der Waals surface area contributed by atoms with Crippen molar-refractivity contribution in [3.63, 3.8) is 0 Å². The normalized spacial score (nSPS) is 12.6. The third kappa shape index (κ3) is 5.12. The molecule has 1 atom stereocenters. The Labute approximate surface area is 113 Å². The Morgan fingerprint density at radius 2 is 1.82 bits per heavy atom. The van der Waals surface area contributed by atoms with Gasteiger partial charge in [-0.25, -0.2) is 0 Å². The molecule has 0 saturated heterocycles. The first-order valence-corrected chi connectivity index (χ1v) is 7.75. The zero-order valence-corrected chi connectivity index (χ0v) is 12.2. The van der Waals surface area contributed by atoms with E-state index >= 15 is 0 Å². The van der Waals surface area contributed by atoms with Crippen molar-refractivity contribution in [3.05, 3.63) is 29.8 Å². The van der Waals surface area contributed by atoms with Crippen molar-refractivity contribution in [3.8, 4) is 5.75 Å². The van der Waals surface area contributed by atoms with Crippen LogP contribution < -0.4 is 0 Å². The molecule has 1 nitrogen and oxygen atoms in total. The number of hydrogen-bond acceptors (Lipinski definition) is 1. The average molecular weight is 299 g/mol. The van der Waals surface area contributed by atoms with E-state index in [-0.39, 0.29) is 0 Å². The van der Waals surface area contributed by atoms with Gasteiger partial charge in [0.1, 0.15) is 5.75 Å². The molecule has 1 rings (SSSR count). The minimum absolute atomic E-state index is 0.436. The van der Waals surface area contributed by atoms with Gasteiger partial charge in [-0.3, -0.25) is 0 Å². The molecule has 1 unspecified atom stereocenters. The first-order valence-electron chi connectivity index (χ1n) is 6.63. The lowest BCUT2D eigenvalue weighted by molar-refractivity contribution is 0.458. The fourth-order valence-electron chi connectivity index (χ4n) is 2.14. The fraction of sp³-hybridized carbons (Fsp3) is 0.600. The summed E-state index contributed by atoms with van der Waals surface area (Å²) in [4.78, 5) is 0. The molecule has 0 amide bonds. The van der Waals surface area contributed by atoms with E-state index in [1.54, 1.807) is 6.07 Å². The standard InChI is InChI=1S/C15H23BrO/c1-2-3-4-5-6-9-13(12-16)14-10-7-8-11-15(14)17/h7-8,10-11,13,17H,2-6,9,12H2,1H3. The molecule has 0 aliphatic heterocycles. The molecule has 1 N–H and O–H groups in total. The van der Waals surface area contributed by atoms with Crippen molar-refractivity contribution in [2.45, 2.75) is 51.4 Å². The van der Waals surface area contributed by atoms with Crippen LogP contribution >= 0.6 is 15.9 Å². The van der Waals surface area contributed by atoms with Gasteiger partial charge in [0.25, 0.3) is 0 Å². The molecule has 17 heavy (non-hydrogen) atoms. The van der Waals surface area contributed by atoms with Crippen LogP contribution in [0.4, 0.5) is 0 Å². The summed E-state index contributed by atoms with van der Waals surface area (Å²) in [7, 11) is 0. The van der Waals surface area contributed by atoms with Crippen LogP contribution in [-0.2, 0) is 0 Å². The second-order valence-corrected chi connectivity index (χ2v) is 5.26. The lowest BCUT2D eigenvalue weighted by atomic mass is 9.94. The number of alkyl halides is 1. The molecule has 1 aromatic carbocycles. The molecule has 1 aromatic rings. The Morgan fingerprint density at radius 1 is 1.12 bits per heavy atom. The highest BCUT2D eigenvalue weighted by Crippen LogP contribution is 2.30. The molecule has 0 spiro atoms. The Morgan fingerprint density at radius 3 is 2.47 bits per heavy atom. The second kappa shape index (κ2) is 8.57. The molecule has 0 aromatic heterocycles. The van der Waals surface area contributed by atoms with Crippen molar-refractivity contribution in [1.29, 1.82) is 0 Å². The van der Waals surface area contributed by atoms with Crippen LogP contribution in [-0.4, -0.2) is 10.4 Å². The van der Waals surface area contributed by atoms with Gasteiger partial charge in [0.05, 0.1) is 0 Å². The summed E-state index contributed by atoms with van der Waals surface area (Å²) in [6.07, 6.45) is 7.70. The van der Waals surface area contributed by atoms with Crippen LogP contribution in [0.2, 0.25) is 0 Å². The largest absolute Gasteiger partial charge is 0.508 e. The van der Waals surface area contributed by atoms with Crippen LogP contribution in [0.1, 0.15) is 56.9 Å². The van der Waals surface area contributed by atoms with Crippen molar-refractivity contribution < 1.29 is 5.11 Å². The van der Waals surface area contributed by atoms with Gasteiger partial charge in [0.2, 0.25) is 0 Å². The summed E-state index contributed by atoms with van der Waals surface area (Å²) in [5.41, 5.74) is 1.08. The third-order valence-electron chi connectivity index (χ3n) is 3.22. The van der Waals surface area contributed by atoms with Gasteiger partial charge in [-0.05, 0) is 24.0 Å². The molecule has 0 aliphatic rings. The minimum atomic E-state index is 0.436. The van der Waals surface area contributed by atoms with Gasteiger partial charge >= 0.3 is 0 Å². The van der Waals surface area contributed by atoms with Crippen molar-refractivity contribution >= 4 is 15.9 Å². The number of para-hydroxylation sites is 1. The topological polar surface area (TPSA) is 20.2 Å². The minimum Gasteiger partial charge on any atom is -0.508 e. The Kier molecular flexibility index (Phi) is 7.34. The van der Waals surface area contributed by atoms with Gasteiger partial charge in [0, 0.05) is 5.33 Å². The lowest BCUT2D eigenvalue weighted by Crippen LogP contribution is -2.00. The quantitative estimate of drug-likeness (QED) is 0.514. The van der Waals surface area contributed by atoms with Crippen LogP contribution in [0.25, 0.3) is 0 Å². The highest BCUT2D eigenvalue weighted by atomic mass is 79.9. The van der Waals surface area contributed by atoms with Gasteiger partial charge in [-0.15, -0.1) is 0 Å². The Balaban J connectivity index is 2.41. The molecular formula is C15H23BrO. The van der Waals surface area contributed by atoms with Crippen LogP contribution in [0, 0.1) is 0 Å². The number of aromatic hydroxyl groups is 1. The molecule has 96 valence electrons. The van der Waals surface area contributed by atoms with Gasteiger partial charge in [0.15, 0.2) is 0 Å². The summed E-state index contributed by atoms with van der Waals surface area (Å²) in [5.74, 6) is 0.878. The maximum Gasteiger partial charge on any atom is 0.119 e. The summed E-state index contributed by atoms with van der Waals surface area (Å²) in [5, 5.41) is 10.8. The number of halogens is 1. The number of phenols is 1. The van der Waals surface area contributed by atoms with E-state index in [1.165, 1.54) is 32.1 Å². The van der Waals surface area contributed by atoms with E-state index in [1.807, 2.05) is 18.2 Å². The highest BCUT2D eigenvalue weighted by Gasteiger charge is 2.13. The molecule has 2 heteroatoms. The van der Waals surface area contributed by atoms with E-state index in [0.29, 0.717) is 11.7 Å². The SMILES string of the molecule is CCCCCCCC(CBr)c1ccccc1O. The smallest absolute Gasteiger partial charge is 0.119 e. The van der Waals surface area contributed by atoms with Gasteiger partial charge in [-0.1, -0.05) is 73.2 Å². The monoisotopic (exact) mass is 298 g/mol. The first kappa shape index (κ1) is 14.6. The fourth-order valence-corrected chi connectivity index (χ4v) is 2.82. The highest BCUT2D eigenvalue weighted by molar-refractivity contribution is 9.09. The molecule has 0 radical (unpaired) electrons. The number of hydrogen-bond donors (Lipinski definition) is 1. The van der Waals surface area contributed by atoms with Gasteiger partial charge < -0.3 is 5.11 Å².